The number of amides is 2. The van der Waals surface area contributed by atoms with E-state index in [1.54, 1.807) is 24.3 Å². The first kappa shape index (κ1) is 17.0. The number of hydrogen-bond donors (Lipinski definition) is 3. The molecule has 0 saturated carbocycles. The van der Waals surface area contributed by atoms with E-state index >= 15 is 0 Å². The molecule has 0 spiro atoms. The Morgan fingerprint density at radius 2 is 1.90 bits per heavy atom. The van der Waals surface area contributed by atoms with Gasteiger partial charge in [0.15, 0.2) is 0 Å². The highest BCUT2D eigenvalue weighted by atomic mass is 16.5. The number of nitrogens with two attached hydrogens (primary N) is 1. The second-order valence-corrected chi connectivity index (χ2v) is 5.71. The molecule has 0 fully saturated rings. The molecule has 0 aromatic heterocycles. The predicted molar refractivity (Wildman–Crippen MR) is 82.1 cm³/mol. The van der Waals surface area contributed by atoms with Crippen LogP contribution in [0.4, 0.5) is 5.69 Å². The first-order chi connectivity index (χ1) is 9.78. The molecule has 21 heavy (non-hydrogen) atoms. The Hall–Kier alpha value is -2.08. The minimum atomic E-state index is -0.425. The van der Waals surface area contributed by atoms with Gasteiger partial charge < -0.3 is 21.1 Å². The number of carbonyl (C=O) groups is 2. The smallest absolute Gasteiger partial charge is 0.238 e. The van der Waals surface area contributed by atoms with Gasteiger partial charge in [0.25, 0.3) is 0 Å². The predicted octanol–water partition coefficient (Wildman–Crippen LogP) is 1.27. The van der Waals surface area contributed by atoms with Crippen molar-refractivity contribution < 1.29 is 14.3 Å². The van der Waals surface area contributed by atoms with Gasteiger partial charge in [-0.15, -0.1) is 0 Å². The van der Waals surface area contributed by atoms with Crippen molar-refractivity contribution in [2.75, 3.05) is 18.5 Å². The van der Waals surface area contributed by atoms with E-state index < -0.39 is 5.91 Å². The summed E-state index contributed by atoms with van der Waals surface area (Å²) in [6.45, 7) is 6.35. The second kappa shape index (κ2) is 7.64. The molecule has 0 bridgehead atoms. The van der Waals surface area contributed by atoms with Crippen LogP contribution in [-0.2, 0) is 9.59 Å². The van der Waals surface area contributed by atoms with Crippen molar-refractivity contribution in [2.24, 2.45) is 5.73 Å². The Balaban J connectivity index is 2.57. The molecule has 6 nitrogen and oxygen atoms in total. The Kier molecular flexibility index (Phi) is 6.17. The SMILES string of the molecule is CC(C)(C)NCC(=O)Nc1ccccc1OCCC(N)=O. The normalized spacial score (nSPS) is 11.0. The van der Waals surface area contributed by atoms with E-state index in [0.717, 1.165) is 0 Å². The number of para-hydroxylation sites is 2. The van der Waals surface area contributed by atoms with Crippen LogP contribution in [0.5, 0.6) is 5.75 Å². The van der Waals surface area contributed by atoms with E-state index in [1.807, 2.05) is 20.8 Å². The molecule has 116 valence electrons. The molecule has 0 radical (unpaired) electrons. The summed E-state index contributed by atoms with van der Waals surface area (Å²) in [5.74, 6) is -0.0652. The third-order valence-corrected chi connectivity index (χ3v) is 2.55. The van der Waals surface area contributed by atoms with Gasteiger partial charge in [0, 0.05) is 5.54 Å². The highest BCUT2D eigenvalue weighted by Crippen LogP contribution is 2.23. The van der Waals surface area contributed by atoms with Crippen LogP contribution in [0.2, 0.25) is 0 Å². The average molecular weight is 293 g/mol. The van der Waals surface area contributed by atoms with Gasteiger partial charge in [-0.3, -0.25) is 9.59 Å². The van der Waals surface area contributed by atoms with Crippen molar-refractivity contribution in [2.45, 2.75) is 32.7 Å². The lowest BCUT2D eigenvalue weighted by molar-refractivity contribution is -0.118. The van der Waals surface area contributed by atoms with E-state index in [1.165, 1.54) is 0 Å². The molecule has 0 heterocycles. The Morgan fingerprint density at radius 3 is 2.52 bits per heavy atom. The maximum atomic E-state index is 11.9. The fraction of sp³-hybridized carbons (Fsp3) is 0.467. The number of anilines is 1. The summed E-state index contributed by atoms with van der Waals surface area (Å²) in [5, 5.41) is 5.88. The average Bonchev–Trinajstić information content (AvgIpc) is 2.37. The van der Waals surface area contributed by atoms with E-state index in [-0.39, 0.29) is 31.0 Å². The minimum Gasteiger partial charge on any atom is -0.491 e. The molecule has 0 aliphatic carbocycles. The molecule has 0 saturated heterocycles. The summed E-state index contributed by atoms with van der Waals surface area (Å²) in [7, 11) is 0. The van der Waals surface area contributed by atoms with Crippen molar-refractivity contribution in [3.63, 3.8) is 0 Å². The summed E-state index contributed by atoms with van der Waals surface area (Å²) in [5.41, 5.74) is 5.50. The summed E-state index contributed by atoms with van der Waals surface area (Å²) in [6.07, 6.45) is 0.133. The maximum absolute atomic E-state index is 11.9. The number of carbonyl (C=O) groups excluding carboxylic acids is 2. The molecule has 1 rings (SSSR count). The van der Waals surface area contributed by atoms with Gasteiger partial charge >= 0.3 is 0 Å². The monoisotopic (exact) mass is 293 g/mol. The van der Waals surface area contributed by atoms with Gasteiger partial charge in [-0.1, -0.05) is 12.1 Å². The third-order valence-electron chi connectivity index (χ3n) is 2.55. The lowest BCUT2D eigenvalue weighted by Crippen LogP contribution is -2.41. The van der Waals surface area contributed by atoms with Crippen LogP contribution >= 0.6 is 0 Å². The topological polar surface area (TPSA) is 93.4 Å². The molecule has 2 amide bonds. The maximum Gasteiger partial charge on any atom is 0.238 e. The fourth-order valence-electron chi connectivity index (χ4n) is 1.50. The van der Waals surface area contributed by atoms with Crippen molar-refractivity contribution >= 4 is 17.5 Å². The van der Waals surface area contributed by atoms with Gasteiger partial charge in [-0.25, -0.2) is 0 Å². The number of rotatable bonds is 7. The van der Waals surface area contributed by atoms with Crippen LogP contribution in [0.3, 0.4) is 0 Å². The zero-order valence-electron chi connectivity index (χ0n) is 12.7. The van der Waals surface area contributed by atoms with E-state index in [9.17, 15) is 9.59 Å². The van der Waals surface area contributed by atoms with Gasteiger partial charge in [0.2, 0.25) is 11.8 Å². The molecule has 4 N–H and O–H groups in total. The largest absolute Gasteiger partial charge is 0.491 e. The summed E-state index contributed by atoms with van der Waals surface area (Å²) < 4.78 is 5.46. The molecular formula is C15H23N3O3. The summed E-state index contributed by atoms with van der Waals surface area (Å²) in [6, 6.07) is 7.07. The molecule has 0 aliphatic heterocycles. The van der Waals surface area contributed by atoms with E-state index in [4.69, 9.17) is 10.5 Å². The number of primary amides is 1. The molecular weight excluding hydrogens is 270 g/mol. The van der Waals surface area contributed by atoms with Crippen LogP contribution in [0.15, 0.2) is 24.3 Å². The second-order valence-electron chi connectivity index (χ2n) is 5.71. The Bertz CT molecular complexity index is 495. The van der Waals surface area contributed by atoms with Crippen LogP contribution < -0.4 is 21.1 Å². The Labute approximate surface area is 125 Å². The summed E-state index contributed by atoms with van der Waals surface area (Å²) in [4.78, 5) is 22.6. The lowest BCUT2D eigenvalue weighted by Gasteiger charge is -2.20. The number of ether oxygens (including phenoxy) is 1. The zero-order valence-corrected chi connectivity index (χ0v) is 12.7. The van der Waals surface area contributed by atoms with E-state index in [0.29, 0.717) is 11.4 Å². The summed E-state index contributed by atoms with van der Waals surface area (Å²) >= 11 is 0. The highest BCUT2D eigenvalue weighted by Gasteiger charge is 2.12. The van der Waals surface area contributed by atoms with Crippen molar-refractivity contribution in [1.29, 1.82) is 0 Å². The van der Waals surface area contributed by atoms with Gasteiger partial charge in [-0.05, 0) is 32.9 Å². The van der Waals surface area contributed by atoms with Crippen LogP contribution in [-0.4, -0.2) is 30.5 Å². The molecule has 0 atom stereocenters. The van der Waals surface area contributed by atoms with Gasteiger partial charge in [0.05, 0.1) is 25.3 Å². The standard InChI is InChI=1S/C15H23N3O3/c1-15(2,3)17-10-14(20)18-11-6-4-5-7-12(11)21-9-8-13(16)19/h4-7,17H,8-10H2,1-3H3,(H2,16,19)(H,18,20). The highest BCUT2D eigenvalue weighted by molar-refractivity contribution is 5.93. The quantitative estimate of drug-likeness (QED) is 0.705. The Morgan fingerprint density at radius 1 is 1.24 bits per heavy atom. The number of benzene rings is 1. The van der Waals surface area contributed by atoms with Crippen molar-refractivity contribution in [3.8, 4) is 5.75 Å². The molecule has 6 heteroatoms. The minimum absolute atomic E-state index is 0.130. The molecule has 1 aromatic rings. The first-order valence-electron chi connectivity index (χ1n) is 6.83. The van der Waals surface area contributed by atoms with Crippen LogP contribution in [0.1, 0.15) is 27.2 Å². The molecule has 0 aliphatic rings. The van der Waals surface area contributed by atoms with Crippen LogP contribution in [0.25, 0.3) is 0 Å². The number of nitrogens with one attached hydrogen (secondary N) is 2. The number of hydrogen-bond acceptors (Lipinski definition) is 4. The van der Waals surface area contributed by atoms with Gasteiger partial charge in [0.1, 0.15) is 5.75 Å². The first-order valence-corrected chi connectivity index (χ1v) is 6.83. The van der Waals surface area contributed by atoms with Crippen molar-refractivity contribution in [1.82, 2.24) is 5.32 Å². The fourth-order valence-corrected chi connectivity index (χ4v) is 1.50. The zero-order chi connectivity index (χ0) is 15.9. The third kappa shape index (κ3) is 7.31. The van der Waals surface area contributed by atoms with Crippen molar-refractivity contribution in [3.05, 3.63) is 24.3 Å². The van der Waals surface area contributed by atoms with Crippen LogP contribution in [0, 0.1) is 0 Å². The van der Waals surface area contributed by atoms with Gasteiger partial charge in [-0.2, -0.15) is 0 Å². The van der Waals surface area contributed by atoms with E-state index in [2.05, 4.69) is 10.6 Å². The molecule has 1 aromatic carbocycles. The molecule has 0 unspecified atom stereocenters. The lowest BCUT2D eigenvalue weighted by atomic mass is 10.1.